The molecule has 0 spiro atoms. The van der Waals surface area contributed by atoms with Crippen LogP contribution in [0.25, 0.3) is 16.9 Å². The molecule has 2 aromatic carbocycles. The summed E-state index contributed by atoms with van der Waals surface area (Å²) >= 11 is 6.14. The first-order chi connectivity index (χ1) is 17.1. The molecule has 0 saturated carbocycles. The summed E-state index contributed by atoms with van der Waals surface area (Å²) in [7, 11) is 1.63. The number of nitrogens with zero attached hydrogens (tertiary/aromatic N) is 4. The van der Waals surface area contributed by atoms with Crippen LogP contribution in [0.1, 0.15) is 28.9 Å². The first-order valence-electron chi connectivity index (χ1n) is 12.0. The van der Waals surface area contributed by atoms with Gasteiger partial charge in [0.2, 0.25) is 0 Å². The molecular weight excluding hydrogens is 460 g/mol. The second-order valence-corrected chi connectivity index (χ2v) is 9.80. The van der Waals surface area contributed by atoms with Crippen molar-refractivity contribution in [1.29, 1.82) is 0 Å². The third-order valence-electron chi connectivity index (χ3n) is 7.23. The molecule has 2 atom stereocenters. The van der Waals surface area contributed by atoms with Crippen molar-refractivity contribution in [3.8, 4) is 17.0 Å². The number of methoxy groups -OCH3 is 1. The number of hydrogen-bond donors (Lipinski definition) is 0. The number of halogens is 1. The smallest absolute Gasteiger partial charge is 0.254 e. The Morgan fingerprint density at radius 2 is 1.80 bits per heavy atom. The summed E-state index contributed by atoms with van der Waals surface area (Å²) in [4.78, 5) is 23.0. The molecule has 6 rings (SSSR count). The van der Waals surface area contributed by atoms with Gasteiger partial charge in [-0.15, -0.1) is 0 Å². The van der Waals surface area contributed by atoms with Crippen LogP contribution < -0.4 is 4.74 Å². The minimum absolute atomic E-state index is 0.104. The van der Waals surface area contributed by atoms with Gasteiger partial charge in [-0.1, -0.05) is 35.9 Å². The number of fused-ring (bicyclic) bond motifs is 3. The van der Waals surface area contributed by atoms with Crippen molar-refractivity contribution in [1.82, 2.24) is 19.2 Å². The molecule has 6 nitrogen and oxygen atoms in total. The number of hydrogen-bond acceptors (Lipinski definition) is 4. The van der Waals surface area contributed by atoms with Crippen molar-refractivity contribution < 1.29 is 9.53 Å². The van der Waals surface area contributed by atoms with Crippen LogP contribution in [0, 0.1) is 0 Å². The third-order valence-corrected chi connectivity index (χ3v) is 7.48. The predicted molar refractivity (Wildman–Crippen MR) is 137 cm³/mol. The molecule has 178 valence electrons. The average molecular weight is 487 g/mol. The quantitative estimate of drug-likeness (QED) is 0.391. The van der Waals surface area contributed by atoms with Gasteiger partial charge in [-0.3, -0.25) is 9.69 Å². The van der Waals surface area contributed by atoms with Crippen molar-refractivity contribution in [2.75, 3.05) is 20.2 Å². The minimum Gasteiger partial charge on any atom is -0.497 e. The topological polar surface area (TPSA) is 50.1 Å². The van der Waals surface area contributed by atoms with E-state index in [0.717, 1.165) is 55.1 Å². The van der Waals surface area contributed by atoms with E-state index in [0.29, 0.717) is 16.3 Å². The Morgan fingerprint density at radius 3 is 2.54 bits per heavy atom. The van der Waals surface area contributed by atoms with Crippen LogP contribution in [0.4, 0.5) is 0 Å². The Kier molecular flexibility index (Phi) is 5.71. The van der Waals surface area contributed by atoms with Crippen LogP contribution in [-0.4, -0.2) is 57.4 Å². The third kappa shape index (κ3) is 4.07. The van der Waals surface area contributed by atoms with E-state index in [-0.39, 0.29) is 18.0 Å². The van der Waals surface area contributed by atoms with E-state index in [9.17, 15) is 4.79 Å². The fourth-order valence-electron chi connectivity index (χ4n) is 5.60. The molecule has 0 radical (unpaired) electrons. The zero-order chi connectivity index (χ0) is 23.9. The number of pyridine rings is 1. The van der Waals surface area contributed by atoms with Gasteiger partial charge in [0.05, 0.1) is 18.5 Å². The van der Waals surface area contributed by atoms with E-state index in [1.165, 1.54) is 0 Å². The maximum Gasteiger partial charge on any atom is 0.254 e. The number of amides is 1. The number of carbonyl (C=O) groups is 1. The van der Waals surface area contributed by atoms with Crippen LogP contribution in [0.5, 0.6) is 5.75 Å². The Morgan fingerprint density at radius 1 is 1.03 bits per heavy atom. The highest BCUT2D eigenvalue weighted by Crippen LogP contribution is 2.34. The van der Waals surface area contributed by atoms with Gasteiger partial charge < -0.3 is 14.0 Å². The summed E-state index contributed by atoms with van der Waals surface area (Å²) in [6.45, 7) is 2.48. The van der Waals surface area contributed by atoms with Crippen LogP contribution in [0.3, 0.4) is 0 Å². The van der Waals surface area contributed by atoms with Crippen molar-refractivity contribution in [3.63, 3.8) is 0 Å². The summed E-state index contributed by atoms with van der Waals surface area (Å²) in [6.07, 6.45) is 4.15. The van der Waals surface area contributed by atoms with Gasteiger partial charge in [0.1, 0.15) is 11.4 Å². The van der Waals surface area contributed by atoms with Gasteiger partial charge in [0.25, 0.3) is 5.91 Å². The molecule has 4 heterocycles. The second-order valence-electron chi connectivity index (χ2n) is 9.37. The molecule has 0 aliphatic carbocycles. The summed E-state index contributed by atoms with van der Waals surface area (Å²) in [6, 6.07) is 21.9. The van der Waals surface area contributed by atoms with Crippen molar-refractivity contribution in [2.45, 2.75) is 31.5 Å². The van der Waals surface area contributed by atoms with Gasteiger partial charge in [-0.2, -0.15) is 0 Å². The van der Waals surface area contributed by atoms with Gasteiger partial charge in [0.15, 0.2) is 0 Å². The fraction of sp³-hybridized carbons (Fsp3) is 0.286. The number of ether oxygens (including phenoxy) is 1. The zero-order valence-corrected chi connectivity index (χ0v) is 20.4. The number of rotatable bonds is 5. The number of aromatic nitrogens is 2. The van der Waals surface area contributed by atoms with Gasteiger partial charge >= 0.3 is 0 Å². The van der Waals surface area contributed by atoms with Crippen molar-refractivity contribution in [3.05, 3.63) is 89.2 Å². The molecule has 35 heavy (non-hydrogen) atoms. The van der Waals surface area contributed by atoms with Crippen LogP contribution in [0.2, 0.25) is 5.02 Å². The predicted octanol–water partition coefficient (Wildman–Crippen LogP) is 5.15. The number of carbonyl (C=O) groups excluding carboxylic acids is 1. The van der Waals surface area contributed by atoms with Crippen molar-refractivity contribution >= 4 is 23.2 Å². The highest BCUT2D eigenvalue weighted by Gasteiger charge is 2.43. The van der Waals surface area contributed by atoms with Crippen LogP contribution in [-0.2, 0) is 6.54 Å². The average Bonchev–Trinajstić information content (AvgIpc) is 3.38. The lowest BCUT2D eigenvalue weighted by Crippen LogP contribution is -2.55. The van der Waals surface area contributed by atoms with E-state index >= 15 is 0 Å². The summed E-state index contributed by atoms with van der Waals surface area (Å²) in [5, 5.41) is 0.715. The van der Waals surface area contributed by atoms with E-state index in [1.54, 1.807) is 7.11 Å². The number of piperazine rings is 1. The maximum atomic E-state index is 13.4. The highest BCUT2D eigenvalue weighted by molar-refractivity contribution is 6.30. The van der Waals surface area contributed by atoms with Gasteiger partial charge in [-0.05, 0) is 55.3 Å². The molecule has 7 heteroatoms. The lowest BCUT2D eigenvalue weighted by molar-refractivity contribution is 0.0402. The summed E-state index contributed by atoms with van der Waals surface area (Å²) in [5.74, 6) is 0.817. The van der Waals surface area contributed by atoms with Gasteiger partial charge in [0, 0.05) is 54.1 Å². The molecule has 2 aromatic heterocycles. The molecular formula is C28H27ClN4O2. The fourth-order valence-corrected chi connectivity index (χ4v) is 5.73. The molecule has 2 fully saturated rings. The molecule has 2 aliphatic heterocycles. The second kappa shape index (κ2) is 9.02. The van der Waals surface area contributed by atoms with E-state index in [4.69, 9.17) is 21.3 Å². The first-order valence-corrected chi connectivity index (χ1v) is 12.4. The van der Waals surface area contributed by atoms with Gasteiger partial charge in [-0.25, -0.2) is 4.98 Å². The molecule has 2 unspecified atom stereocenters. The zero-order valence-electron chi connectivity index (χ0n) is 19.6. The normalized spacial score (nSPS) is 19.9. The molecule has 2 bridgehead atoms. The minimum atomic E-state index is 0.104. The number of benzene rings is 2. The Labute approximate surface area is 209 Å². The van der Waals surface area contributed by atoms with E-state index in [2.05, 4.69) is 20.4 Å². The first kappa shape index (κ1) is 22.1. The van der Waals surface area contributed by atoms with E-state index in [1.807, 2.05) is 66.7 Å². The lowest BCUT2D eigenvalue weighted by atomic mass is 10.1. The highest BCUT2D eigenvalue weighted by atomic mass is 35.5. The van der Waals surface area contributed by atoms with Crippen LogP contribution >= 0.6 is 11.6 Å². The summed E-state index contributed by atoms with van der Waals surface area (Å²) in [5.41, 5.74) is 4.83. The SMILES string of the molecule is COc1cccc(C(=O)N2C3CCC2CN(Cc2c(-c4ccc(Cl)cc4)nc4ccccn24)C3)c1. The monoisotopic (exact) mass is 486 g/mol. The number of imidazole rings is 1. The maximum absolute atomic E-state index is 13.4. The molecule has 4 aromatic rings. The standard InChI is InChI=1S/C28H27ClN4O2/c1-35-24-6-4-5-20(15-24)28(34)33-22-12-13-23(33)17-31(16-22)18-25-27(19-8-10-21(29)11-9-19)30-26-7-2-3-14-32(25)26/h2-11,14-15,22-23H,12-13,16-18H2,1H3. The largest absolute Gasteiger partial charge is 0.497 e. The molecule has 2 aliphatic rings. The van der Waals surface area contributed by atoms with Crippen LogP contribution in [0.15, 0.2) is 72.9 Å². The van der Waals surface area contributed by atoms with E-state index < -0.39 is 0 Å². The Bertz CT molecular complexity index is 1370. The molecule has 2 saturated heterocycles. The lowest BCUT2D eigenvalue weighted by Gasteiger charge is -2.41. The van der Waals surface area contributed by atoms with Crippen molar-refractivity contribution in [2.24, 2.45) is 0 Å². The molecule has 0 N–H and O–H groups in total. The Balaban J connectivity index is 1.27. The summed E-state index contributed by atoms with van der Waals surface area (Å²) < 4.78 is 7.51. The number of likely N-dealkylation sites (tertiary alicyclic amines) is 1. The molecule has 1 amide bonds. The Hall–Kier alpha value is -3.35.